The van der Waals surface area contributed by atoms with E-state index in [1.54, 1.807) is 19.3 Å². The summed E-state index contributed by atoms with van der Waals surface area (Å²) >= 11 is 1.29. The van der Waals surface area contributed by atoms with Gasteiger partial charge in [0.15, 0.2) is 5.12 Å². The molecule has 1 N–H and O–H groups in total. The molecule has 5 nitrogen and oxygen atoms in total. The Balaban J connectivity index is 0.00000364. The topological polar surface area (TPSA) is 62.3 Å². The second-order valence-corrected chi connectivity index (χ2v) is 8.26. The molecular weight excluding hydrogens is 382 g/mol. The summed E-state index contributed by atoms with van der Waals surface area (Å²) in [5.74, 6) is 1.39. The molecule has 1 aromatic rings. The highest BCUT2D eigenvalue weighted by molar-refractivity contribution is 8.13. The smallest absolute Gasteiger partial charge is 0.317 e. The SMILES string of the molecule is CC(=O)SCCN(CCC1CCCCCC1)C(=O)NCc1ccncc1.Cl. The Hall–Kier alpha value is -1.27. The van der Waals surface area contributed by atoms with Crippen LogP contribution in [0.3, 0.4) is 0 Å². The number of halogens is 1. The summed E-state index contributed by atoms with van der Waals surface area (Å²) in [6.45, 7) is 3.45. The van der Waals surface area contributed by atoms with Crippen LogP contribution in [0.2, 0.25) is 0 Å². The van der Waals surface area contributed by atoms with Crippen LogP contribution >= 0.6 is 24.2 Å². The highest BCUT2D eigenvalue weighted by atomic mass is 35.5. The van der Waals surface area contributed by atoms with E-state index in [0.717, 1.165) is 24.4 Å². The van der Waals surface area contributed by atoms with Crippen LogP contribution in [0.5, 0.6) is 0 Å². The molecule has 1 aromatic heterocycles. The van der Waals surface area contributed by atoms with E-state index in [9.17, 15) is 9.59 Å². The lowest BCUT2D eigenvalue weighted by Crippen LogP contribution is -2.42. The third-order valence-electron chi connectivity index (χ3n) is 4.93. The van der Waals surface area contributed by atoms with Gasteiger partial charge in [-0.25, -0.2) is 4.79 Å². The molecule has 152 valence electrons. The third kappa shape index (κ3) is 10.0. The first-order chi connectivity index (χ1) is 12.6. The summed E-state index contributed by atoms with van der Waals surface area (Å²) in [5, 5.41) is 3.10. The predicted molar refractivity (Wildman–Crippen MR) is 114 cm³/mol. The Kier molecular flexibility index (Phi) is 12.2. The first-order valence-corrected chi connectivity index (χ1v) is 10.7. The molecule has 0 atom stereocenters. The Labute approximate surface area is 173 Å². The number of aromatic nitrogens is 1. The molecule has 1 fully saturated rings. The van der Waals surface area contributed by atoms with Crippen LogP contribution < -0.4 is 5.32 Å². The van der Waals surface area contributed by atoms with Gasteiger partial charge in [0.05, 0.1) is 0 Å². The lowest BCUT2D eigenvalue weighted by molar-refractivity contribution is -0.109. The van der Waals surface area contributed by atoms with E-state index < -0.39 is 0 Å². The summed E-state index contributed by atoms with van der Waals surface area (Å²) in [5.41, 5.74) is 1.04. The van der Waals surface area contributed by atoms with Gasteiger partial charge in [-0.3, -0.25) is 9.78 Å². The number of carbonyl (C=O) groups is 2. The average molecular weight is 414 g/mol. The zero-order valence-corrected chi connectivity index (χ0v) is 17.8. The number of nitrogens with one attached hydrogen (secondary N) is 1. The Morgan fingerprint density at radius 2 is 1.81 bits per heavy atom. The van der Waals surface area contributed by atoms with Crippen molar-refractivity contribution in [1.82, 2.24) is 15.2 Å². The highest BCUT2D eigenvalue weighted by Gasteiger charge is 2.17. The third-order valence-corrected chi connectivity index (χ3v) is 5.72. The molecule has 0 aliphatic heterocycles. The molecule has 0 spiro atoms. The number of amides is 2. The van der Waals surface area contributed by atoms with E-state index in [4.69, 9.17) is 0 Å². The van der Waals surface area contributed by atoms with Crippen molar-refractivity contribution in [2.24, 2.45) is 5.92 Å². The number of nitrogens with zero attached hydrogens (tertiary/aromatic N) is 2. The van der Waals surface area contributed by atoms with Crippen molar-refractivity contribution in [3.63, 3.8) is 0 Å². The maximum atomic E-state index is 12.6. The van der Waals surface area contributed by atoms with Crippen molar-refractivity contribution in [1.29, 1.82) is 0 Å². The molecule has 7 heteroatoms. The number of thioether (sulfide) groups is 1. The quantitative estimate of drug-likeness (QED) is 0.630. The Bertz CT molecular complexity index is 551. The minimum atomic E-state index is -0.0420. The van der Waals surface area contributed by atoms with Crippen LogP contribution in [0, 0.1) is 5.92 Å². The number of rotatable bonds is 8. The van der Waals surface area contributed by atoms with E-state index in [0.29, 0.717) is 18.8 Å². The van der Waals surface area contributed by atoms with E-state index >= 15 is 0 Å². The minimum absolute atomic E-state index is 0. The van der Waals surface area contributed by atoms with Crippen LogP contribution in [0.4, 0.5) is 4.79 Å². The normalized spacial score (nSPS) is 14.7. The molecule has 1 heterocycles. The van der Waals surface area contributed by atoms with Crippen LogP contribution in [0.25, 0.3) is 0 Å². The summed E-state index contributed by atoms with van der Waals surface area (Å²) in [4.78, 5) is 29.7. The maximum Gasteiger partial charge on any atom is 0.317 e. The fourth-order valence-electron chi connectivity index (χ4n) is 3.40. The number of urea groups is 1. The second-order valence-electron chi connectivity index (χ2n) is 6.99. The van der Waals surface area contributed by atoms with Crippen molar-refractivity contribution in [3.8, 4) is 0 Å². The van der Waals surface area contributed by atoms with Gasteiger partial charge in [-0.15, -0.1) is 12.4 Å². The van der Waals surface area contributed by atoms with Crippen molar-refractivity contribution in [2.75, 3.05) is 18.8 Å². The monoisotopic (exact) mass is 413 g/mol. The molecule has 1 aliphatic rings. The summed E-state index contributed by atoms with van der Waals surface area (Å²) in [7, 11) is 0. The highest BCUT2D eigenvalue weighted by Crippen LogP contribution is 2.25. The van der Waals surface area contributed by atoms with Gasteiger partial charge >= 0.3 is 6.03 Å². The van der Waals surface area contributed by atoms with Gasteiger partial charge in [0.2, 0.25) is 0 Å². The van der Waals surface area contributed by atoms with Crippen LogP contribution in [-0.4, -0.2) is 39.9 Å². The van der Waals surface area contributed by atoms with Crippen LogP contribution in [0.1, 0.15) is 57.4 Å². The second kappa shape index (κ2) is 13.8. The lowest BCUT2D eigenvalue weighted by atomic mass is 9.96. The molecule has 1 aliphatic carbocycles. The molecule has 27 heavy (non-hydrogen) atoms. The van der Waals surface area contributed by atoms with Crippen LogP contribution in [0.15, 0.2) is 24.5 Å². The average Bonchev–Trinajstić information content (AvgIpc) is 2.92. The van der Waals surface area contributed by atoms with Gasteiger partial charge < -0.3 is 10.2 Å². The molecule has 2 rings (SSSR count). The molecular formula is C20H32ClN3O2S. The Morgan fingerprint density at radius 1 is 1.15 bits per heavy atom. The molecule has 0 aromatic carbocycles. The van der Waals surface area contributed by atoms with Gasteiger partial charge in [-0.2, -0.15) is 0 Å². The number of carbonyl (C=O) groups excluding carboxylic acids is 2. The molecule has 2 amide bonds. The molecule has 0 bridgehead atoms. The fourth-order valence-corrected chi connectivity index (χ4v) is 3.99. The van der Waals surface area contributed by atoms with E-state index in [-0.39, 0.29) is 23.6 Å². The first kappa shape index (κ1) is 23.8. The molecule has 0 radical (unpaired) electrons. The fraction of sp³-hybridized carbons (Fsp3) is 0.650. The van der Waals surface area contributed by atoms with Crippen molar-refractivity contribution in [2.45, 2.75) is 58.4 Å². The predicted octanol–water partition coefficient (Wildman–Crippen LogP) is 4.66. The van der Waals surface area contributed by atoms with Gasteiger partial charge in [-0.1, -0.05) is 50.3 Å². The van der Waals surface area contributed by atoms with Gasteiger partial charge in [0, 0.05) is 44.7 Å². The van der Waals surface area contributed by atoms with Crippen molar-refractivity contribution >= 4 is 35.3 Å². The van der Waals surface area contributed by atoms with Crippen molar-refractivity contribution in [3.05, 3.63) is 30.1 Å². The minimum Gasteiger partial charge on any atom is -0.334 e. The standard InChI is InChI=1S/C20H31N3O2S.ClH/c1-17(24)26-15-14-23(13-10-18-6-4-2-3-5-7-18)20(25)22-16-19-8-11-21-12-9-19;/h8-9,11-12,18H,2-7,10,13-16H2,1H3,(H,22,25);1H. The maximum absolute atomic E-state index is 12.6. The van der Waals surface area contributed by atoms with E-state index in [1.807, 2.05) is 17.0 Å². The number of hydrogen-bond donors (Lipinski definition) is 1. The van der Waals surface area contributed by atoms with Gasteiger partial charge in [0.1, 0.15) is 0 Å². The molecule has 1 saturated carbocycles. The van der Waals surface area contributed by atoms with E-state index in [2.05, 4.69) is 10.3 Å². The molecule has 0 unspecified atom stereocenters. The number of hydrogen-bond acceptors (Lipinski definition) is 4. The van der Waals surface area contributed by atoms with Gasteiger partial charge in [0.25, 0.3) is 0 Å². The zero-order valence-electron chi connectivity index (χ0n) is 16.2. The van der Waals surface area contributed by atoms with Crippen LogP contribution in [-0.2, 0) is 11.3 Å². The van der Waals surface area contributed by atoms with Gasteiger partial charge in [-0.05, 0) is 30.0 Å². The zero-order chi connectivity index (χ0) is 18.6. The summed E-state index contributed by atoms with van der Waals surface area (Å²) in [6, 6.07) is 3.77. The number of pyridine rings is 1. The Morgan fingerprint density at radius 3 is 2.44 bits per heavy atom. The largest absolute Gasteiger partial charge is 0.334 e. The summed E-state index contributed by atoms with van der Waals surface area (Å²) < 4.78 is 0. The lowest BCUT2D eigenvalue weighted by Gasteiger charge is -2.25. The first-order valence-electron chi connectivity index (χ1n) is 9.70. The summed E-state index contributed by atoms with van der Waals surface area (Å²) in [6.07, 6.45) is 12.4. The van der Waals surface area contributed by atoms with E-state index in [1.165, 1.54) is 50.3 Å². The molecule has 0 saturated heterocycles. The van der Waals surface area contributed by atoms with Crippen molar-refractivity contribution < 1.29 is 9.59 Å².